The normalized spacial score (nSPS) is 23.5. The van der Waals surface area contributed by atoms with Gasteiger partial charge in [-0.1, -0.05) is 35.9 Å². The Morgan fingerprint density at radius 2 is 1.80 bits per heavy atom. The second-order valence-electron chi connectivity index (χ2n) is 6.58. The Kier molecular flexibility index (Phi) is 5.20. The number of para-hydroxylation sites is 1. The van der Waals surface area contributed by atoms with Crippen molar-refractivity contribution >= 4 is 35.0 Å². The van der Waals surface area contributed by atoms with Gasteiger partial charge in [0.05, 0.1) is 29.6 Å². The van der Waals surface area contributed by atoms with Crippen LogP contribution in [0, 0.1) is 11.8 Å². The number of likely N-dealkylation sites (N-methyl/N-ethyl adjacent to an activating group) is 1. The summed E-state index contributed by atoms with van der Waals surface area (Å²) in [5.41, 5.74) is 0.549. The van der Waals surface area contributed by atoms with Crippen molar-refractivity contribution in [3.8, 4) is 0 Å². The molecule has 2 aliphatic rings. The second kappa shape index (κ2) is 7.37. The second-order valence-corrected chi connectivity index (χ2v) is 6.99. The summed E-state index contributed by atoms with van der Waals surface area (Å²) in [5.74, 6) is -0.927. The van der Waals surface area contributed by atoms with E-state index in [0.717, 1.165) is 4.90 Å². The zero-order valence-corrected chi connectivity index (χ0v) is 14.8. The summed E-state index contributed by atoms with van der Waals surface area (Å²) >= 11 is 6.03. The van der Waals surface area contributed by atoms with Gasteiger partial charge in [0.2, 0.25) is 11.8 Å². The third kappa shape index (κ3) is 3.75. The maximum atomic E-state index is 12.4. The van der Waals surface area contributed by atoms with Crippen molar-refractivity contribution in [2.75, 3.05) is 25.6 Å². The Hall–Kier alpha value is -2.18. The first-order valence-electron chi connectivity index (χ1n) is 8.33. The molecule has 0 saturated carbocycles. The van der Waals surface area contributed by atoms with Crippen LogP contribution >= 0.6 is 11.6 Å². The number of allylic oxidation sites excluding steroid dienone is 2. The van der Waals surface area contributed by atoms with Crippen LogP contribution < -0.4 is 10.2 Å². The lowest BCUT2D eigenvalue weighted by Crippen LogP contribution is -3.11. The molecule has 3 rings (SSSR count). The first-order valence-corrected chi connectivity index (χ1v) is 8.71. The fourth-order valence-electron chi connectivity index (χ4n) is 3.38. The van der Waals surface area contributed by atoms with E-state index in [1.54, 1.807) is 31.3 Å². The van der Waals surface area contributed by atoms with Gasteiger partial charge >= 0.3 is 0 Å². The fraction of sp³-hybridized carbons (Fsp3) is 0.389. The third-order valence-corrected chi connectivity index (χ3v) is 4.97. The van der Waals surface area contributed by atoms with Crippen molar-refractivity contribution in [2.24, 2.45) is 11.8 Å². The van der Waals surface area contributed by atoms with Crippen molar-refractivity contribution < 1.29 is 19.3 Å². The first-order chi connectivity index (χ1) is 12.0. The minimum Gasteiger partial charge on any atom is -0.320 e. The van der Waals surface area contributed by atoms with E-state index in [1.807, 2.05) is 12.2 Å². The zero-order valence-electron chi connectivity index (χ0n) is 14.0. The van der Waals surface area contributed by atoms with E-state index in [-0.39, 0.29) is 42.8 Å². The Morgan fingerprint density at radius 1 is 1.20 bits per heavy atom. The highest BCUT2D eigenvalue weighted by Gasteiger charge is 2.48. The molecule has 2 N–H and O–H groups in total. The summed E-state index contributed by atoms with van der Waals surface area (Å²) in [4.78, 5) is 39.1. The summed E-state index contributed by atoms with van der Waals surface area (Å²) in [6.45, 7) is 0.330. The molecule has 1 aromatic rings. The lowest BCUT2D eigenvalue weighted by molar-refractivity contribution is -0.878. The number of anilines is 1. The molecule has 1 saturated heterocycles. The number of carbonyl (C=O) groups excluding carboxylic acids is 3. The highest BCUT2D eigenvalue weighted by Crippen LogP contribution is 2.34. The number of quaternary nitrogens is 1. The van der Waals surface area contributed by atoms with Gasteiger partial charge in [-0.2, -0.15) is 0 Å². The molecule has 3 amide bonds. The van der Waals surface area contributed by atoms with Gasteiger partial charge in [0.15, 0.2) is 13.2 Å². The summed E-state index contributed by atoms with van der Waals surface area (Å²) in [5, 5.41) is 3.22. The van der Waals surface area contributed by atoms with Crippen LogP contribution in [0.2, 0.25) is 5.02 Å². The topological polar surface area (TPSA) is 70.9 Å². The van der Waals surface area contributed by atoms with Crippen molar-refractivity contribution in [1.29, 1.82) is 0 Å². The quantitative estimate of drug-likeness (QED) is 0.598. The van der Waals surface area contributed by atoms with Gasteiger partial charge in [0.1, 0.15) is 0 Å². The lowest BCUT2D eigenvalue weighted by atomic mass is 9.85. The van der Waals surface area contributed by atoms with Gasteiger partial charge in [-0.3, -0.25) is 14.4 Å². The maximum absolute atomic E-state index is 12.4. The molecule has 0 radical (unpaired) electrons. The number of benzene rings is 1. The Bertz CT molecular complexity index is 708. The van der Waals surface area contributed by atoms with Gasteiger partial charge in [-0.05, 0) is 25.0 Å². The molecule has 1 heterocycles. The van der Waals surface area contributed by atoms with E-state index in [0.29, 0.717) is 23.6 Å². The average Bonchev–Trinajstić information content (AvgIpc) is 2.82. The molecular formula is C18H21ClN3O3+. The van der Waals surface area contributed by atoms with Crippen molar-refractivity contribution in [2.45, 2.75) is 12.8 Å². The molecule has 7 heteroatoms. The van der Waals surface area contributed by atoms with E-state index in [4.69, 9.17) is 11.6 Å². The number of fused-ring (bicyclic) bond motifs is 1. The van der Waals surface area contributed by atoms with Crippen LogP contribution in [-0.2, 0) is 14.4 Å². The van der Waals surface area contributed by atoms with Gasteiger partial charge in [0.25, 0.3) is 5.91 Å². The number of imide groups is 1. The molecule has 6 nitrogen and oxygen atoms in total. The number of hydrogen-bond acceptors (Lipinski definition) is 3. The number of carbonyl (C=O) groups is 3. The van der Waals surface area contributed by atoms with Crippen LogP contribution in [0.3, 0.4) is 0 Å². The van der Waals surface area contributed by atoms with Gasteiger partial charge in [-0.25, -0.2) is 4.90 Å². The van der Waals surface area contributed by atoms with Crippen LogP contribution in [0.25, 0.3) is 0 Å². The molecule has 0 aromatic heterocycles. The van der Waals surface area contributed by atoms with Crippen LogP contribution in [0.1, 0.15) is 12.8 Å². The summed E-state index contributed by atoms with van der Waals surface area (Å²) in [7, 11) is 1.78. The number of amides is 3. The SMILES string of the molecule is C[NH+](CC(=O)Nc1ccccc1Cl)CN1C(=O)[C@H]2CC=CC[C@@H]2C1=O. The smallest absolute Gasteiger partial charge is 0.279 e. The van der Waals surface area contributed by atoms with Crippen LogP contribution in [-0.4, -0.2) is 42.9 Å². The van der Waals surface area contributed by atoms with Crippen LogP contribution in [0.4, 0.5) is 5.69 Å². The van der Waals surface area contributed by atoms with Gasteiger partial charge < -0.3 is 10.2 Å². The van der Waals surface area contributed by atoms with E-state index in [1.165, 1.54) is 4.90 Å². The monoisotopic (exact) mass is 362 g/mol. The predicted octanol–water partition coefficient (Wildman–Crippen LogP) is 0.702. The van der Waals surface area contributed by atoms with Crippen molar-refractivity contribution in [3.63, 3.8) is 0 Å². The largest absolute Gasteiger partial charge is 0.320 e. The first kappa shape index (κ1) is 17.6. The number of nitrogens with zero attached hydrogens (tertiary/aromatic N) is 1. The Morgan fingerprint density at radius 3 is 2.40 bits per heavy atom. The molecular weight excluding hydrogens is 342 g/mol. The van der Waals surface area contributed by atoms with Crippen LogP contribution in [0.5, 0.6) is 0 Å². The van der Waals surface area contributed by atoms with E-state index in [2.05, 4.69) is 5.32 Å². The Labute approximate surface area is 151 Å². The molecule has 1 aliphatic carbocycles. The van der Waals surface area contributed by atoms with Crippen LogP contribution in [0.15, 0.2) is 36.4 Å². The van der Waals surface area contributed by atoms with E-state index < -0.39 is 0 Å². The Balaban J connectivity index is 1.56. The number of rotatable bonds is 5. The van der Waals surface area contributed by atoms with E-state index in [9.17, 15) is 14.4 Å². The molecule has 1 unspecified atom stereocenters. The minimum absolute atomic E-state index is 0.120. The molecule has 25 heavy (non-hydrogen) atoms. The third-order valence-electron chi connectivity index (χ3n) is 4.64. The lowest BCUT2D eigenvalue weighted by Gasteiger charge is -2.20. The number of likely N-dealkylation sites (tertiary alicyclic amines) is 1. The van der Waals surface area contributed by atoms with E-state index >= 15 is 0 Å². The molecule has 3 atom stereocenters. The molecule has 0 spiro atoms. The van der Waals surface area contributed by atoms with Crippen molar-refractivity contribution in [3.05, 3.63) is 41.4 Å². The highest BCUT2D eigenvalue weighted by molar-refractivity contribution is 6.33. The average molecular weight is 363 g/mol. The molecule has 1 aliphatic heterocycles. The fourth-order valence-corrected chi connectivity index (χ4v) is 3.56. The molecule has 132 valence electrons. The molecule has 1 fully saturated rings. The molecule has 1 aromatic carbocycles. The van der Waals surface area contributed by atoms with Gasteiger partial charge in [-0.15, -0.1) is 0 Å². The standard InChI is InChI=1S/C18H20ClN3O3/c1-21(10-16(23)20-15-9-5-4-8-14(15)19)11-22-17(24)12-6-2-3-7-13(12)18(22)25/h2-5,8-9,12-13H,6-7,10-11H2,1H3,(H,20,23)/p+1/t12-,13-/m0/s1. The predicted molar refractivity (Wildman–Crippen MR) is 93.9 cm³/mol. The number of nitrogens with one attached hydrogen (secondary N) is 2. The number of halogens is 1. The zero-order chi connectivity index (χ0) is 18.0. The highest BCUT2D eigenvalue weighted by atomic mass is 35.5. The summed E-state index contributed by atoms with van der Waals surface area (Å²) in [6.07, 6.45) is 5.17. The number of hydrogen-bond donors (Lipinski definition) is 2. The minimum atomic E-state index is -0.234. The summed E-state index contributed by atoms with van der Waals surface area (Å²) < 4.78 is 0. The van der Waals surface area contributed by atoms with Crippen molar-refractivity contribution in [1.82, 2.24) is 4.90 Å². The van der Waals surface area contributed by atoms with Gasteiger partial charge in [0, 0.05) is 0 Å². The molecule has 0 bridgehead atoms. The summed E-state index contributed by atoms with van der Waals surface area (Å²) in [6, 6.07) is 7.00. The maximum Gasteiger partial charge on any atom is 0.279 e.